The van der Waals surface area contributed by atoms with E-state index in [1.807, 2.05) is 44.4 Å². The van der Waals surface area contributed by atoms with Crippen molar-refractivity contribution in [1.82, 2.24) is 9.80 Å². The van der Waals surface area contributed by atoms with E-state index in [0.29, 0.717) is 0 Å². The molecule has 0 aliphatic carbocycles. The Morgan fingerprint density at radius 2 is 1.50 bits per heavy atom. The fourth-order valence-corrected chi connectivity index (χ4v) is 4.55. The summed E-state index contributed by atoms with van der Waals surface area (Å²) in [7, 11) is 0. The smallest absolute Gasteiger partial charge is 0.226 e. The minimum Gasteiger partial charge on any atom is -0.342 e. The molecule has 2 saturated heterocycles. The minimum absolute atomic E-state index is 0.0465. The molecule has 0 aromatic carbocycles. The minimum atomic E-state index is -0.0465. The fourth-order valence-electron chi connectivity index (χ4n) is 3.09. The average molecular weight is 298 g/mol. The van der Waals surface area contributed by atoms with Crippen LogP contribution in [0.2, 0.25) is 0 Å². The topological polar surface area (TPSA) is 40.6 Å². The van der Waals surface area contributed by atoms with Gasteiger partial charge in [0, 0.05) is 37.2 Å². The molecule has 0 radical (unpaired) electrons. The number of nitrogens with zero attached hydrogens (tertiary/aromatic N) is 2. The van der Waals surface area contributed by atoms with E-state index in [0.717, 1.165) is 38.2 Å². The van der Waals surface area contributed by atoms with Crippen LogP contribution in [-0.4, -0.2) is 51.9 Å². The summed E-state index contributed by atoms with van der Waals surface area (Å²) in [4.78, 5) is 28.4. The molecule has 0 saturated carbocycles. The molecule has 5 heteroatoms. The maximum atomic E-state index is 12.4. The third-order valence-electron chi connectivity index (χ3n) is 4.29. The number of thioether (sulfide) groups is 1. The monoisotopic (exact) mass is 298 g/mol. The largest absolute Gasteiger partial charge is 0.342 e. The number of hydrogen-bond acceptors (Lipinski definition) is 3. The van der Waals surface area contributed by atoms with Crippen molar-refractivity contribution in [2.45, 2.75) is 45.4 Å². The second-order valence-corrected chi connectivity index (χ2v) is 7.88. The molecule has 1 spiro atoms. The van der Waals surface area contributed by atoms with Gasteiger partial charge in [0.15, 0.2) is 0 Å². The number of carbonyl (C=O) groups excluding carboxylic acids is 2. The second kappa shape index (κ2) is 5.96. The molecule has 2 heterocycles. The Balaban J connectivity index is 2.04. The van der Waals surface area contributed by atoms with Crippen LogP contribution in [0, 0.1) is 11.8 Å². The van der Waals surface area contributed by atoms with Gasteiger partial charge in [-0.05, 0) is 12.8 Å². The Bertz CT molecular complexity index is 387. The SMILES string of the molecule is CC(C)C(=O)N1CCC2(CC1)SCCN2C(=O)C(C)C. The summed E-state index contributed by atoms with van der Waals surface area (Å²) in [6.45, 7) is 10.3. The summed E-state index contributed by atoms with van der Waals surface area (Å²) >= 11 is 1.91. The van der Waals surface area contributed by atoms with Gasteiger partial charge in [-0.15, -0.1) is 11.8 Å². The molecule has 0 bridgehead atoms. The lowest BCUT2D eigenvalue weighted by molar-refractivity contribution is -0.140. The maximum absolute atomic E-state index is 12.4. The zero-order chi connectivity index (χ0) is 14.9. The lowest BCUT2D eigenvalue weighted by atomic mass is 9.99. The van der Waals surface area contributed by atoms with Gasteiger partial charge in [-0.25, -0.2) is 0 Å². The third-order valence-corrected chi connectivity index (χ3v) is 5.84. The summed E-state index contributed by atoms with van der Waals surface area (Å²) < 4.78 is 0. The van der Waals surface area contributed by atoms with Crippen LogP contribution in [-0.2, 0) is 9.59 Å². The van der Waals surface area contributed by atoms with E-state index >= 15 is 0 Å². The van der Waals surface area contributed by atoms with Gasteiger partial charge in [-0.1, -0.05) is 27.7 Å². The van der Waals surface area contributed by atoms with E-state index in [9.17, 15) is 9.59 Å². The number of rotatable bonds is 2. The molecule has 0 aromatic heterocycles. The molecule has 2 amide bonds. The highest BCUT2D eigenvalue weighted by Crippen LogP contribution is 2.44. The van der Waals surface area contributed by atoms with Crippen molar-refractivity contribution in [2.24, 2.45) is 11.8 Å². The summed E-state index contributed by atoms with van der Waals surface area (Å²) in [5.74, 6) is 1.65. The molecule has 0 unspecified atom stereocenters. The predicted octanol–water partition coefficient (Wildman–Crippen LogP) is 2.19. The van der Waals surface area contributed by atoms with Crippen molar-refractivity contribution in [3.8, 4) is 0 Å². The van der Waals surface area contributed by atoms with Gasteiger partial charge in [0.05, 0.1) is 4.87 Å². The van der Waals surface area contributed by atoms with Gasteiger partial charge in [0.2, 0.25) is 11.8 Å². The quantitative estimate of drug-likeness (QED) is 0.784. The Morgan fingerprint density at radius 1 is 0.950 bits per heavy atom. The van der Waals surface area contributed by atoms with Crippen molar-refractivity contribution in [3.63, 3.8) is 0 Å². The lowest BCUT2D eigenvalue weighted by Crippen LogP contribution is -2.54. The lowest BCUT2D eigenvalue weighted by Gasteiger charge is -2.45. The molecule has 0 aromatic rings. The molecule has 2 rings (SSSR count). The van der Waals surface area contributed by atoms with Crippen LogP contribution < -0.4 is 0 Å². The van der Waals surface area contributed by atoms with Crippen molar-refractivity contribution >= 4 is 23.6 Å². The Labute approximate surface area is 126 Å². The Kier molecular flexibility index (Phi) is 4.67. The zero-order valence-corrected chi connectivity index (χ0v) is 13.8. The molecular formula is C15H26N2O2S. The van der Waals surface area contributed by atoms with Crippen LogP contribution >= 0.6 is 11.8 Å². The van der Waals surface area contributed by atoms with Crippen LogP contribution in [0.1, 0.15) is 40.5 Å². The fraction of sp³-hybridized carbons (Fsp3) is 0.867. The van der Waals surface area contributed by atoms with Gasteiger partial charge in [0.25, 0.3) is 0 Å². The van der Waals surface area contributed by atoms with Crippen LogP contribution in [0.15, 0.2) is 0 Å². The maximum Gasteiger partial charge on any atom is 0.226 e. The zero-order valence-electron chi connectivity index (χ0n) is 13.0. The van der Waals surface area contributed by atoms with Crippen molar-refractivity contribution in [1.29, 1.82) is 0 Å². The number of amides is 2. The third kappa shape index (κ3) is 2.83. The molecule has 114 valence electrons. The first-order chi connectivity index (χ1) is 9.37. The van der Waals surface area contributed by atoms with Gasteiger partial charge < -0.3 is 9.80 Å². The normalized spacial score (nSPS) is 22.1. The van der Waals surface area contributed by atoms with E-state index < -0.39 is 0 Å². The van der Waals surface area contributed by atoms with E-state index in [2.05, 4.69) is 4.90 Å². The number of piperidine rings is 1. The number of likely N-dealkylation sites (tertiary alicyclic amines) is 1. The van der Waals surface area contributed by atoms with Gasteiger partial charge in [0.1, 0.15) is 0 Å². The molecule has 0 atom stereocenters. The molecule has 2 fully saturated rings. The first kappa shape index (κ1) is 15.7. The predicted molar refractivity (Wildman–Crippen MR) is 82.4 cm³/mol. The van der Waals surface area contributed by atoms with E-state index in [1.54, 1.807) is 0 Å². The van der Waals surface area contributed by atoms with Gasteiger partial charge >= 0.3 is 0 Å². The van der Waals surface area contributed by atoms with Crippen LogP contribution in [0.3, 0.4) is 0 Å². The number of hydrogen-bond donors (Lipinski definition) is 0. The Morgan fingerprint density at radius 3 is 2.00 bits per heavy atom. The van der Waals surface area contributed by atoms with Crippen molar-refractivity contribution in [2.75, 3.05) is 25.4 Å². The molecule has 20 heavy (non-hydrogen) atoms. The van der Waals surface area contributed by atoms with E-state index in [4.69, 9.17) is 0 Å². The molecule has 0 N–H and O–H groups in total. The van der Waals surface area contributed by atoms with Gasteiger partial charge in [-0.3, -0.25) is 9.59 Å². The highest BCUT2D eigenvalue weighted by Gasteiger charge is 2.47. The van der Waals surface area contributed by atoms with Gasteiger partial charge in [-0.2, -0.15) is 0 Å². The van der Waals surface area contributed by atoms with Crippen LogP contribution in [0.4, 0.5) is 0 Å². The standard InChI is InChI=1S/C15H26N2O2S/c1-11(2)13(18)16-7-5-15(6-8-16)17(9-10-20-15)14(19)12(3)4/h11-12H,5-10H2,1-4H3. The van der Waals surface area contributed by atoms with Crippen molar-refractivity contribution in [3.05, 3.63) is 0 Å². The average Bonchev–Trinajstić information content (AvgIpc) is 2.81. The van der Waals surface area contributed by atoms with Crippen LogP contribution in [0.25, 0.3) is 0 Å². The number of carbonyl (C=O) groups is 2. The van der Waals surface area contributed by atoms with E-state index in [-0.39, 0.29) is 28.5 Å². The molecule has 2 aliphatic heterocycles. The highest BCUT2D eigenvalue weighted by molar-refractivity contribution is 8.00. The first-order valence-electron chi connectivity index (χ1n) is 7.61. The second-order valence-electron chi connectivity index (χ2n) is 6.42. The van der Waals surface area contributed by atoms with Crippen LogP contribution in [0.5, 0.6) is 0 Å². The van der Waals surface area contributed by atoms with E-state index in [1.165, 1.54) is 0 Å². The summed E-state index contributed by atoms with van der Waals surface area (Å²) in [6, 6.07) is 0. The Hall–Kier alpha value is -0.710. The van der Waals surface area contributed by atoms with Crippen molar-refractivity contribution < 1.29 is 9.59 Å². The summed E-state index contributed by atoms with van der Waals surface area (Å²) in [5.41, 5.74) is 0. The molecule has 2 aliphatic rings. The first-order valence-corrected chi connectivity index (χ1v) is 8.60. The summed E-state index contributed by atoms with van der Waals surface area (Å²) in [6.07, 6.45) is 1.82. The molecular weight excluding hydrogens is 272 g/mol. The summed E-state index contributed by atoms with van der Waals surface area (Å²) in [5, 5.41) is 0. The highest BCUT2D eigenvalue weighted by atomic mass is 32.2. The molecule has 4 nitrogen and oxygen atoms in total.